The zero-order valence-corrected chi connectivity index (χ0v) is 8.48. The minimum absolute atomic E-state index is 0.336. The molecule has 0 aliphatic heterocycles. The van der Waals surface area contributed by atoms with E-state index in [-0.39, 0.29) is 5.82 Å². The van der Waals surface area contributed by atoms with Crippen LogP contribution in [0.3, 0.4) is 0 Å². The maximum Gasteiger partial charge on any atom is 0.179 e. The van der Waals surface area contributed by atoms with Gasteiger partial charge in [-0.2, -0.15) is 5.10 Å². The molecule has 3 aromatic rings. The predicted octanol–water partition coefficient (Wildman–Crippen LogP) is 1.59. The van der Waals surface area contributed by atoms with E-state index < -0.39 is 0 Å². The van der Waals surface area contributed by atoms with Crippen LogP contribution < -0.4 is 0 Å². The summed E-state index contributed by atoms with van der Waals surface area (Å²) in [4.78, 5) is 10.8. The summed E-state index contributed by atoms with van der Waals surface area (Å²) in [6, 6.07) is 0. The molecule has 0 bridgehead atoms. The normalized spacial score (nSPS) is 11.1. The minimum Gasteiger partial charge on any atom is -0.358 e. The van der Waals surface area contributed by atoms with E-state index in [0.29, 0.717) is 16.7 Å². The second-order valence-corrected chi connectivity index (χ2v) is 3.49. The van der Waals surface area contributed by atoms with Crippen LogP contribution in [-0.2, 0) is 0 Å². The molecule has 0 unspecified atom stereocenters. The first-order valence-corrected chi connectivity index (χ1v) is 4.74. The first kappa shape index (κ1) is 9.02. The van der Waals surface area contributed by atoms with Crippen LogP contribution in [0.15, 0.2) is 25.0 Å². The van der Waals surface area contributed by atoms with Crippen molar-refractivity contribution >= 4 is 10.9 Å². The number of pyridine rings is 1. The molecule has 0 fully saturated rings. The molecule has 3 aromatic heterocycles. The summed E-state index contributed by atoms with van der Waals surface area (Å²) >= 11 is 0. The number of hydrogen-bond acceptors (Lipinski definition) is 3. The topological polar surface area (TPSA) is 59.4 Å². The Morgan fingerprint density at radius 1 is 1.44 bits per heavy atom. The molecule has 3 heterocycles. The Kier molecular flexibility index (Phi) is 1.76. The summed E-state index contributed by atoms with van der Waals surface area (Å²) in [7, 11) is 0. The molecular formula is C10H8FN5. The van der Waals surface area contributed by atoms with Gasteiger partial charge in [-0.3, -0.25) is 0 Å². The van der Waals surface area contributed by atoms with Gasteiger partial charge in [0.15, 0.2) is 11.6 Å². The van der Waals surface area contributed by atoms with Gasteiger partial charge < -0.3 is 4.98 Å². The predicted molar refractivity (Wildman–Crippen MR) is 55.7 cm³/mol. The van der Waals surface area contributed by atoms with Gasteiger partial charge in [0.1, 0.15) is 12.7 Å². The van der Waals surface area contributed by atoms with E-state index >= 15 is 0 Å². The highest BCUT2D eigenvalue weighted by atomic mass is 19.1. The number of aromatic nitrogens is 5. The van der Waals surface area contributed by atoms with Crippen LogP contribution in [0, 0.1) is 12.7 Å². The molecule has 3 rings (SSSR count). The van der Waals surface area contributed by atoms with Gasteiger partial charge in [0.2, 0.25) is 0 Å². The van der Waals surface area contributed by atoms with Gasteiger partial charge in [0, 0.05) is 11.6 Å². The minimum atomic E-state index is -0.336. The summed E-state index contributed by atoms with van der Waals surface area (Å²) in [6.07, 6.45) is 5.87. The number of H-pyrrole nitrogens is 1. The van der Waals surface area contributed by atoms with Crippen LogP contribution in [0.5, 0.6) is 0 Å². The summed E-state index contributed by atoms with van der Waals surface area (Å²) < 4.78 is 15.1. The molecule has 16 heavy (non-hydrogen) atoms. The third kappa shape index (κ3) is 1.13. The van der Waals surface area contributed by atoms with Crippen molar-refractivity contribution in [2.45, 2.75) is 6.92 Å². The van der Waals surface area contributed by atoms with Gasteiger partial charge >= 0.3 is 0 Å². The van der Waals surface area contributed by atoms with Crippen molar-refractivity contribution in [3.63, 3.8) is 0 Å². The molecule has 0 spiro atoms. The number of hydrogen-bond donors (Lipinski definition) is 1. The number of aryl methyl sites for hydroxylation is 1. The largest absolute Gasteiger partial charge is 0.358 e. The van der Waals surface area contributed by atoms with Crippen molar-refractivity contribution in [1.82, 2.24) is 24.7 Å². The number of nitrogens with zero attached hydrogens (tertiary/aromatic N) is 4. The van der Waals surface area contributed by atoms with E-state index in [1.165, 1.54) is 23.5 Å². The first-order chi connectivity index (χ1) is 7.77. The van der Waals surface area contributed by atoms with Crippen LogP contribution in [-0.4, -0.2) is 24.7 Å². The van der Waals surface area contributed by atoms with Gasteiger partial charge in [0.05, 0.1) is 11.7 Å². The van der Waals surface area contributed by atoms with Crippen LogP contribution in [0.2, 0.25) is 0 Å². The van der Waals surface area contributed by atoms with Crippen LogP contribution in [0.1, 0.15) is 5.56 Å². The molecule has 80 valence electrons. The highest BCUT2D eigenvalue weighted by Gasteiger charge is 2.12. The van der Waals surface area contributed by atoms with E-state index in [4.69, 9.17) is 0 Å². The monoisotopic (exact) mass is 217 g/mol. The summed E-state index contributed by atoms with van der Waals surface area (Å²) in [6.45, 7) is 1.84. The van der Waals surface area contributed by atoms with Crippen LogP contribution in [0.4, 0.5) is 4.39 Å². The Morgan fingerprint density at radius 2 is 2.31 bits per heavy atom. The average molecular weight is 217 g/mol. The summed E-state index contributed by atoms with van der Waals surface area (Å²) in [5.41, 5.74) is 1.47. The number of nitrogens with one attached hydrogen (secondary N) is 1. The van der Waals surface area contributed by atoms with Crippen molar-refractivity contribution < 1.29 is 4.39 Å². The highest BCUT2D eigenvalue weighted by Crippen LogP contribution is 2.24. The fraction of sp³-hybridized carbons (Fsp3) is 0.100. The fourth-order valence-electron chi connectivity index (χ4n) is 1.74. The van der Waals surface area contributed by atoms with Crippen molar-refractivity contribution in [3.8, 4) is 5.82 Å². The Labute approximate surface area is 90.0 Å². The molecule has 0 atom stereocenters. The van der Waals surface area contributed by atoms with E-state index in [1.54, 1.807) is 6.20 Å². The molecular weight excluding hydrogens is 209 g/mol. The Balaban J connectivity index is 2.39. The quantitative estimate of drug-likeness (QED) is 0.673. The molecule has 5 nitrogen and oxygen atoms in total. The fourth-order valence-corrected chi connectivity index (χ4v) is 1.74. The van der Waals surface area contributed by atoms with Gasteiger partial charge in [-0.1, -0.05) is 0 Å². The number of fused-ring (bicyclic) bond motifs is 1. The Morgan fingerprint density at radius 3 is 3.06 bits per heavy atom. The number of aromatic amines is 1. The van der Waals surface area contributed by atoms with Crippen LogP contribution in [0.25, 0.3) is 16.7 Å². The summed E-state index contributed by atoms with van der Waals surface area (Å²) in [5.74, 6) is 0.208. The lowest BCUT2D eigenvalue weighted by atomic mass is 10.2. The van der Waals surface area contributed by atoms with Crippen molar-refractivity contribution in [2.24, 2.45) is 0 Å². The maximum absolute atomic E-state index is 13.6. The maximum atomic E-state index is 13.6. The zero-order valence-electron chi connectivity index (χ0n) is 8.48. The highest BCUT2D eigenvalue weighted by molar-refractivity contribution is 5.88. The van der Waals surface area contributed by atoms with E-state index in [1.807, 2.05) is 6.92 Å². The smallest absolute Gasteiger partial charge is 0.179 e. The second-order valence-electron chi connectivity index (χ2n) is 3.49. The Bertz CT molecular complexity index is 641. The first-order valence-electron chi connectivity index (χ1n) is 4.74. The lowest BCUT2D eigenvalue weighted by Gasteiger charge is -2.02. The van der Waals surface area contributed by atoms with Gasteiger partial charge in [-0.15, -0.1) is 0 Å². The molecule has 6 heteroatoms. The molecule has 0 radical (unpaired) electrons. The van der Waals surface area contributed by atoms with E-state index in [9.17, 15) is 4.39 Å². The van der Waals surface area contributed by atoms with Crippen molar-refractivity contribution in [2.75, 3.05) is 0 Å². The SMILES string of the molecule is Cc1c[nH]c2c(-n3cncn3)ncc(F)c12. The average Bonchev–Trinajstić information content (AvgIpc) is 2.89. The summed E-state index contributed by atoms with van der Waals surface area (Å²) in [5, 5.41) is 4.52. The molecule has 0 aliphatic carbocycles. The van der Waals surface area contributed by atoms with E-state index in [0.717, 1.165) is 5.56 Å². The molecule has 0 aromatic carbocycles. The van der Waals surface area contributed by atoms with Gasteiger partial charge in [-0.05, 0) is 12.5 Å². The zero-order chi connectivity index (χ0) is 11.1. The molecule has 0 saturated carbocycles. The van der Waals surface area contributed by atoms with Crippen molar-refractivity contribution in [3.05, 3.63) is 36.4 Å². The lowest BCUT2D eigenvalue weighted by Crippen LogP contribution is -2.00. The van der Waals surface area contributed by atoms with Crippen LogP contribution >= 0.6 is 0 Å². The third-order valence-electron chi connectivity index (χ3n) is 2.48. The van der Waals surface area contributed by atoms with Gasteiger partial charge in [0.25, 0.3) is 0 Å². The Hall–Kier alpha value is -2.24. The molecule has 0 aliphatic rings. The molecule has 1 N–H and O–H groups in total. The number of halogens is 1. The number of rotatable bonds is 1. The van der Waals surface area contributed by atoms with Crippen molar-refractivity contribution in [1.29, 1.82) is 0 Å². The lowest BCUT2D eigenvalue weighted by molar-refractivity contribution is 0.632. The second kappa shape index (κ2) is 3.13. The van der Waals surface area contributed by atoms with E-state index in [2.05, 4.69) is 20.1 Å². The molecule has 0 saturated heterocycles. The van der Waals surface area contributed by atoms with Gasteiger partial charge in [-0.25, -0.2) is 19.0 Å². The standard InChI is InChI=1S/C10H8FN5/c1-6-2-13-9-8(6)7(11)3-14-10(9)16-5-12-4-15-16/h2-5,13H,1H3. The molecule has 0 amide bonds. The third-order valence-corrected chi connectivity index (χ3v) is 2.48.